The SMILES string of the molecule is CC1CC(=O)C(C(=O)[C@@H]2CCCN2C(=O)[C@H](C)NC(=O)[C@H](C)N)(N(C(=O)Oc2c(F)c(F)c(F)c(F)c2F)C(C)C)C1=O. The molecule has 1 aliphatic heterocycles. The van der Waals surface area contributed by atoms with Crippen molar-refractivity contribution in [1.29, 1.82) is 0 Å². The minimum absolute atomic E-state index is 0.0294. The molecule has 0 spiro atoms. The molecule has 2 fully saturated rings. The highest BCUT2D eigenvalue weighted by molar-refractivity contribution is 6.35. The highest BCUT2D eigenvalue weighted by Crippen LogP contribution is 2.40. The third-order valence-electron chi connectivity index (χ3n) is 7.47. The van der Waals surface area contributed by atoms with E-state index >= 15 is 0 Å². The van der Waals surface area contributed by atoms with E-state index in [1.807, 2.05) is 0 Å². The van der Waals surface area contributed by atoms with Crippen molar-refractivity contribution >= 4 is 35.3 Å². The molecule has 3 N–H and O–H groups in total. The number of nitrogens with two attached hydrogens (primary N) is 1. The Bertz CT molecular complexity index is 1360. The van der Waals surface area contributed by atoms with Crippen LogP contribution >= 0.6 is 0 Å². The minimum atomic E-state index is -2.96. The van der Waals surface area contributed by atoms with Crippen LogP contribution in [-0.2, 0) is 24.0 Å². The highest BCUT2D eigenvalue weighted by atomic mass is 19.2. The second kappa shape index (κ2) is 12.3. The third-order valence-corrected chi connectivity index (χ3v) is 7.47. The van der Waals surface area contributed by atoms with E-state index in [4.69, 9.17) is 5.73 Å². The van der Waals surface area contributed by atoms with Gasteiger partial charge in [0.1, 0.15) is 6.04 Å². The van der Waals surface area contributed by atoms with Gasteiger partial charge < -0.3 is 20.7 Å². The monoisotopic (exact) mass is 618 g/mol. The summed E-state index contributed by atoms with van der Waals surface area (Å²) < 4.78 is 74.5. The maximum Gasteiger partial charge on any atom is 0.417 e. The van der Waals surface area contributed by atoms with Gasteiger partial charge in [-0.1, -0.05) is 6.92 Å². The zero-order valence-corrected chi connectivity index (χ0v) is 23.9. The fraction of sp³-hybridized carbons (Fsp3) is 0.556. The van der Waals surface area contributed by atoms with Gasteiger partial charge in [0.05, 0.1) is 12.1 Å². The Kier molecular flexibility index (Phi) is 9.63. The first-order valence-corrected chi connectivity index (χ1v) is 13.4. The average molecular weight is 619 g/mol. The smallest absolute Gasteiger partial charge is 0.404 e. The van der Waals surface area contributed by atoms with Crippen molar-refractivity contribution < 1.29 is 55.5 Å². The summed E-state index contributed by atoms with van der Waals surface area (Å²) in [6.45, 7) is 6.42. The van der Waals surface area contributed by atoms with E-state index in [9.17, 15) is 50.7 Å². The van der Waals surface area contributed by atoms with E-state index in [0.717, 1.165) is 4.90 Å². The number of likely N-dealkylation sites (tertiary alicyclic amines) is 1. The standard InChI is InChI=1S/C27H31F5N4O7/c1-10(2)36(26(42)43-21-19(31)17(29)16(28)18(30)20(21)32)27(15(37)9-11(3)22(27)38)23(39)14-7-6-8-35(14)25(41)13(5)34-24(40)12(4)33/h10-14H,6-9,33H2,1-5H3,(H,34,40)/t11?,12-,13-,14-,27?/m0/s1. The van der Waals surface area contributed by atoms with Crippen molar-refractivity contribution in [3.05, 3.63) is 29.1 Å². The van der Waals surface area contributed by atoms with Crippen LogP contribution in [0.2, 0.25) is 0 Å². The van der Waals surface area contributed by atoms with Crippen LogP contribution in [-0.4, -0.2) is 81.3 Å². The molecule has 1 heterocycles. The topological polar surface area (TPSA) is 156 Å². The summed E-state index contributed by atoms with van der Waals surface area (Å²) in [5, 5.41) is 2.39. The summed E-state index contributed by atoms with van der Waals surface area (Å²) in [7, 11) is 0. The minimum Gasteiger partial charge on any atom is -0.404 e. The zero-order valence-electron chi connectivity index (χ0n) is 23.9. The van der Waals surface area contributed by atoms with Crippen LogP contribution < -0.4 is 15.8 Å². The molecule has 16 heteroatoms. The Hall–Kier alpha value is -3.95. The molecule has 3 amide bonds. The van der Waals surface area contributed by atoms with E-state index in [1.54, 1.807) is 0 Å². The van der Waals surface area contributed by atoms with Crippen LogP contribution in [0.4, 0.5) is 26.7 Å². The fourth-order valence-electron chi connectivity index (χ4n) is 5.39. The van der Waals surface area contributed by atoms with Crippen LogP contribution in [0.5, 0.6) is 5.75 Å². The molecule has 3 rings (SSSR count). The maximum absolute atomic E-state index is 14.4. The van der Waals surface area contributed by atoms with Crippen molar-refractivity contribution in [2.75, 3.05) is 6.54 Å². The lowest BCUT2D eigenvalue weighted by Crippen LogP contribution is -2.70. The summed E-state index contributed by atoms with van der Waals surface area (Å²) in [5.41, 5.74) is 2.56. The molecule has 1 saturated heterocycles. The molecule has 11 nitrogen and oxygen atoms in total. The molecule has 43 heavy (non-hydrogen) atoms. The van der Waals surface area contributed by atoms with Gasteiger partial charge in [-0.25, -0.2) is 18.0 Å². The van der Waals surface area contributed by atoms with Crippen molar-refractivity contribution in [2.24, 2.45) is 11.7 Å². The molecule has 2 aliphatic rings. The van der Waals surface area contributed by atoms with E-state index in [2.05, 4.69) is 10.1 Å². The Balaban J connectivity index is 2.10. The lowest BCUT2D eigenvalue weighted by Gasteiger charge is -2.41. The van der Waals surface area contributed by atoms with Gasteiger partial charge in [0.25, 0.3) is 0 Å². The largest absolute Gasteiger partial charge is 0.417 e. The molecule has 0 aromatic heterocycles. The number of ether oxygens (including phenoxy) is 1. The maximum atomic E-state index is 14.4. The molecule has 1 saturated carbocycles. The molecular formula is C27H31F5N4O7. The number of halogens is 5. The molecule has 0 radical (unpaired) electrons. The van der Waals surface area contributed by atoms with Gasteiger partial charge in [0.2, 0.25) is 52.2 Å². The lowest BCUT2D eigenvalue weighted by molar-refractivity contribution is -0.153. The molecule has 5 atom stereocenters. The number of nitrogens with one attached hydrogen (secondary N) is 1. The lowest BCUT2D eigenvalue weighted by atomic mass is 9.81. The van der Waals surface area contributed by atoms with Crippen LogP contribution in [0.15, 0.2) is 0 Å². The first-order valence-electron chi connectivity index (χ1n) is 13.4. The Morgan fingerprint density at radius 1 is 0.977 bits per heavy atom. The Labute approximate surface area is 242 Å². The van der Waals surface area contributed by atoms with Crippen LogP contribution in [0, 0.1) is 35.0 Å². The van der Waals surface area contributed by atoms with Gasteiger partial charge in [0, 0.05) is 24.9 Å². The normalized spacial score (nSPS) is 23.4. The van der Waals surface area contributed by atoms with Gasteiger partial charge in [-0.15, -0.1) is 0 Å². The van der Waals surface area contributed by atoms with E-state index in [1.165, 1.54) is 34.6 Å². The van der Waals surface area contributed by atoms with E-state index in [-0.39, 0.29) is 19.4 Å². The van der Waals surface area contributed by atoms with Gasteiger partial charge in [-0.05, 0) is 40.5 Å². The first-order chi connectivity index (χ1) is 19.9. The number of hydrogen-bond donors (Lipinski definition) is 2. The molecule has 2 unspecified atom stereocenters. The second-order valence-electron chi connectivity index (χ2n) is 10.9. The average Bonchev–Trinajstić information content (AvgIpc) is 3.51. The number of nitrogens with zero attached hydrogens (tertiary/aromatic N) is 2. The molecule has 1 aliphatic carbocycles. The molecule has 1 aromatic rings. The second-order valence-corrected chi connectivity index (χ2v) is 10.9. The van der Waals surface area contributed by atoms with E-state index in [0.29, 0.717) is 4.90 Å². The summed E-state index contributed by atoms with van der Waals surface area (Å²) in [6, 6.07) is -4.90. The van der Waals surface area contributed by atoms with E-state index < -0.39 is 112 Å². The van der Waals surface area contributed by atoms with Crippen molar-refractivity contribution in [3.8, 4) is 5.75 Å². The van der Waals surface area contributed by atoms with Crippen LogP contribution in [0.1, 0.15) is 53.9 Å². The molecule has 0 bridgehead atoms. The molecule has 236 valence electrons. The predicted molar refractivity (Wildman–Crippen MR) is 137 cm³/mol. The van der Waals surface area contributed by atoms with Gasteiger partial charge in [0.15, 0.2) is 17.3 Å². The predicted octanol–water partition coefficient (Wildman–Crippen LogP) is 1.92. The summed E-state index contributed by atoms with van der Waals surface area (Å²) in [6.07, 6.45) is -2.30. The Morgan fingerprint density at radius 3 is 1.98 bits per heavy atom. The third kappa shape index (κ3) is 5.59. The Morgan fingerprint density at radius 2 is 1.51 bits per heavy atom. The van der Waals surface area contributed by atoms with Crippen LogP contribution in [0.25, 0.3) is 0 Å². The fourth-order valence-corrected chi connectivity index (χ4v) is 5.39. The van der Waals surface area contributed by atoms with Crippen LogP contribution in [0.3, 0.4) is 0 Å². The number of ketones is 3. The molecular weight excluding hydrogens is 587 g/mol. The molecule has 1 aromatic carbocycles. The van der Waals surface area contributed by atoms with Gasteiger partial charge in [-0.3, -0.25) is 28.9 Å². The number of hydrogen-bond acceptors (Lipinski definition) is 8. The quantitative estimate of drug-likeness (QED) is 0.194. The number of Topliss-reactive ketones (excluding diaryl/α,β-unsaturated/α-hetero) is 3. The number of carbonyl (C=O) groups excluding carboxylic acids is 6. The number of rotatable bonds is 8. The van der Waals surface area contributed by atoms with Gasteiger partial charge >= 0.3 is 6.09 Å². The van der Waals surface area contributed by atoms with Crippen molar-refractivity contribution in [3.63, 3.8) is 0 Å². The van der Waals surface area contributed by atoms with Gasteiger partial charge in [-0.2, -0.15) is 8.78 Å². The zero-order chi connectivity index (χ0) is 32.7. The van der Waals surface area contributed by atoms with Crippen molar-refractivity contribution in [2.45, 2.75) is 83.6 Å². The number of carbonyl (C=O) groups is 6. The summed E-state index contributed by atoms with van der Waals surface area (Å²) >= 11 is 0. The summed E-state index contributed by atoms with van der Waals surface area (Å²) in [4.78, 5) is 81.6. The van der Waals surface area contributed by atoms with Crippen molar-refractivity contribution in [1.82, 2.24) is 15.1 Å². The summed E-state index contributed by atoms with van der Waals surface area (Å²) in [5.74, 6) is -20.3. The first kappa shape index (κ1) is 33.6. The highest BCUT2D eigenvalue weighted by Gasteiger charge is 2.66. The number of amides is 3. The number of benzene rings is 1.